The molecule has 0 fully saturated rings. The fraction of sp³-hybridized carbons (Fsp3) is 0.833. The van der Waals surface area contributed by atoms with Gasteiger partial charge in [0.25, 0.3) is 12.6 Å². The molecule has 0 N–H and O–H groups in total. The fourth-order valence-corrected chi connectivity index (χ4v) is 0.274. The van der Waals surface area contributed by atoms with Crippen LogP contribution in [-0.4, -0.2) is 13.8 Å². The molecule has 0 rings (SSSR count). The first kappa shape index (κ1) is 13.8. The van der Waals surface area contributed by atoms with Gasteiger partial charge in [-0.1, -0.05) is 4.85 Å². The Morgan fingerprint density at radius 1 is 1.25 bits per heavy atom. The molecule has 0 saturated carbocycles. The summed E-state index contributed by atoms with van der Waals surface area (Å²) < 4.78 is 39.0. The highest BCUT2D eigenvalue weighted by atomic mass is 19.5. The minimum atomic E-state index is -6.00. The Bertz CT molecular complexity index is 149. The van der Waals surface area contributed by atoms with Gasteiger partial charge in [0, 0.05) is 6.92 Å². The zero-order chi connectivity index (χ0) is 10.2. The molecule has 0 amide bonds. The van der Waals surface area contributed by atoms with Crippen LogP contribution in [0, 0.1) is 12.0 Å². The number of hydrogen-bond donors (Lipinski definition) is 0. The first-order chi connectivity index (χ1) is 5.27. The predicted octanol–water partition coefficient (Wildman–Crippen LogP) is 3.30. The summed E-state index contributed by atoms with van der Waals surface area (Å²) in [5, 5.41) is 0. The van der Waals surface area contributed by atoms with E-state index in [0.717, 1.165) is 6.54 Å². The zero-order valence-electron chi connectivity index (χ0n) is 7.32. The lowest BCUT2D eigenvalue weighted by Gasteiger charge is -1.94. The van der Waals surface area contributed by atoms with E-state index in [1.807, 2.05) is 6.92 Å². The van der Waals surface area contributed by atoms with E-state index in [-0.39, 0.29) is 0 Å². The maximum absolute atomic E-state index is 9.75. The van der Waals surface area contributed by atoms with Gasteiger partial charge in [-0.2, -0.15) is 0 Å². The largest absolute Gasteiger partial charge is 0.673 e. The Kier molecular flexibility index (Phi) is 8.02. The van der Waals surface area contributed by atoms with Gasteiger partial charge < -0.3 is 17.3 Å². The molecule has 12 heavy (non-hydrogen) atoms. The highest BCUT2D eigenvalue weighted by Gasteiger charge is 2.20. The van der Waals surface area contributed by atoms with Gasteiger partial charge in [0.05, 0.1) is 5.92 Å². The lowest BCUT2D eigenvalue weighted by atomic mass is 10.3. The molecule has 0 aromatic rings. The topological polar surface area (TPSA) is 4.36 Å². The van der Waals surface area contributed by atoms with E-state index in [9.17, 15) is 17.3 Å². The molecule has 0 aliphatic rings. The molecule has 0 aromatic heterocycles. The average Bonchev–Trinajstić information content (AvgIpc) is 1.79. The van der Waals surface area contributed by atoms with Crippen LogP contribution in [0.3, 0.4) is 0 Å². The van der Waals surface area contributed by atoms with E-state index in [1.165, 1.54) is 0 Å². The predicted molar refractivity (Wildman–Crippen MR) is 42.8 cm³/mol. The third-order valence-corrected chi connectivity index (χ3v) is 0.508. The van der Waals surface area contributed by atoms with Crippen LogP contribution in [0.5, 0.6) is 0 Å². The molecule has 0 radical (unpaired) electrons. The number of nitrogens with zero attached hydrogens (tertiary/aromatic N) is 1. The first-order valence-electron chi connectivity index (χ1n) is 3.56. The van der Waals surface area contributed by atoms with E-state index in [1.54, 1.807) is 0 Å². The third kappa shape index (κ3) is 59.2. The molecule has 0 atom stereocenters. The van der Waals surface area contributed by atoms with E-state index < -0.39 is 7.25 Å². The molecule has 0 saturated heterocycles. The van der Waals surface area contributed by atoms with Crippen LogP contribution in [-0.2, 0) is 0 Å². The van der Waals surface area contributed by atoms with Gasteiger partial charge in [-0.3, -0.25) is 0 Å². The van der Waals surface area contributed by atoms with Crippen LogP contribution in [0.2, 0.25) is 0 Å². The summed E-state index contributed by atoms with van der Waals surface area (Å²) in [7, 11) is -6.00. The van der Waals surface area contributed by atoms with Crippen molar-refractivity contribution in [3.05, 3.63) is 4.85 Å². The van der Waals surface area contributed by atoms with Gasteiger partial charge in [-0.25, -0.2) is 0 Å². The average molecular weight is 185 g/mol. The van der Waals surface area contributed by atoms with Gasteiger partial charge in [-0.05, 0) is 13.8 Å². The van der Waals surface area contributed by atoms with Crippen molar-refractivity contribution >= 4 is 7.25 Å². The Morgan fingerprint density at radius 3 is 1.67 bits per heavy atom. The number of rotatable bonds is 0. The van der Waals surface area contributed by atoms with Gasteiger partial charge in [-0.15, -0.1) is 0 Å². The summed E-state index contributed by atoms with van der Waals surface area (Å²) >= 11 is 0. The van der Waals surface area contributed by atoms with Crippen molar-refractivity contribution in [2.75, 3.05) is 6.54 Å². The zero-order valence-corrected chi connectivity index (χ0v) is 7.32. The van der Waals surface area contributed by atoms with Crippen molar-refractivity contribution in [3.63, 3.8) is 0 Å². The number of hydrogen-bond acceptors (Lipinski definition) is 0. The Morgan fingerprint density at radius 2 is 1.58 bits per heavy atom. The van der Waals surface area contributed by atoms with Crippen LogP contribution in [0.1, 0.15) is 20.8 Å². The highest BCUT2D eigenvalue weighted by molar-refractivity contribution is 6.50. The standard InChI is InChI=1S/C6H12N.BF4/c1-4-7-5-6(2)3;2-1(3,4)5/h6H,4H2,1-3H3;/q+1;-1. The van der Waals surface area contributed by atoms with E-state index in [4.69, 9.17) is 0 Å². The minimum Gasteiger partial charge on any atom is -0.418 e. The minimum absolute atomic E-state index is 0.486. The molecule has 0 aliphatic carbocycles. The molecular formula is C6H12BF4N. The Labute approximate surface area is 69.7 Å². The van der Waals surface area contributed by atoms with Crippen molar-refractivity contribution in [1.29, 1.82) is 0 Å². The lowest BCUT2D eigenvalue weighted by molar-refractivity contribution is 0.368. The van der Waals surface area contributed by atoms with Crippen molar-refractivity contribution in [3.8, 4) is 6.07 Å². The molecule has 0 heterocycles. The molecule has 1 nitrogen and oxygen atoms in total. The molecule has 0 aromatic carbocycles. The second-order valence-electron chi connectivity index (χ2n) is 2.25. The van der Waals surface area contributed by atoms with Crippen molar-refractivity contribution < 1.29 is 17.3 Å². The van der Waals surface area contributed by atoms with Crippen LogP contribution in [0.25, 0.3) is 4.85 Å². The smallest absolute Gasteiger partial charge is 0.418 e. The third-order valence-electron chi connectivity index (χ3n) is 0.508. The second-order valence-corrected chi connectivity index (χ2v) is 2.25. The van der Waals surface area contributed by atoms with Gasteiger partial charge >= 0.3 is 7.25 Å². The molecule has 0 aliphatic heterocycles. The van der Waals surface area contributed by atoms with Crippen LogP contribution < -0.4 is 0 Å². The second kappa shape index (κ2) is 6.95. The summed E-state index contributed by atoms with van der Waals surface area (Å²) in [4.78, 5) is 3.92. The maximum atomic E-state index is 9.75. The van der Waals surface area contributed by atoms with Crippen molar-refractivity contribution in [1.82, 2.24) is 0 Å². The van der Waals surface area contributed by atoms with Gasteiger partial charge in [0.2, 0.25) is 0 Å². The Hall–Kier alpha value is -0.725. The van der Waals surface area contributed by atoms with E-state index in [0.29, 0.717) is 5.92 Å². The molecular weight excluding hydrogens is 173 g/mol. The SMILES string of the molecule is CC[N+]#CC(C)C.F[B-](F)(F)F. The summed E-state index contributed by atoms with van der Waals surface area (Å²) in [6, 6.07) is 2.92. The normalized spacial score (nSPS) is 9.67. The summed E-state index contributed by atoms with van der Waals surface area (Å²) in [5.74, 6) is 0.486. The quantitative estimate of drug-likeness (QED) is 0.402. The highest BCUT2D eigenvalue weighted by Crippen LogP contribution is 2.06. The molecule has 0 unspecified atom stereocenters. The fourth-order valence-electron chi connectivity index (χ4n) is 0.274. The van der Waals surface area contributed by atoms with Crippen molar-refractivity contribution in [2.45, 2.75) is 20.8 Å². The molecule has 6 heteroatoms. The lowest BCUT2D eigenvalue weighted by Crippen LogP contribution is -2.02. The molecule has 0 bridgehead atoms. The Balaban J connectivity index is 0. The van der Waals surface area contributed by atoms with Crippen LogP contribution in [0.15, 0.2) is 0 Å². The summed E-state index contributed by atoms with van der Waals surface area (Å²) in [6.45, 7) is 7.01. The number of halogens is 4. The van der Waals surface area contributed by atoms with E-state index in [2.05, 4.69) is 24.8 Å². The molecule has 0 spiro atoms. The maximum Gasteiger partial charge on any atom is 0.673 e. The summed E-state index contributed by atoms with van der Waals surface area (Å²) in [6.07, 6.45) is 0. The first-order valence-corrected chi connectivity index (χ1v) is 3.56. The monoisotopic (exact) mass is 185 g/mol. The summed E-state index contributed by atoms with van der Waals surface area (Å²) in [5.41, 5.74) is 0. The van der Waals surface area contributed by atoms with E-state index >= 15 is 0 Å². The molecule has 72 valence electrons. The van der Waals surface area contributed by atoms with Crippen LogP contribution in [0.4, 0.5) is 17.3 Å². The van der Waals surface area contributed by atoms with Crippen molar-refractivity contribution in [2.24, 2.45) is 5.92 Å². The van der Waals surface area contributed by atoms with Gasteiger partial charge in [0.15, 0.2) is 0 Å². The van der Waals surface area contributed by atoms with Gasteiger partial charge in [0.1, 0.15) is 0 Å². The van der Waals surface area contributed by atoms with Crippen LogP contribution >= 0.6 is 0 Å².